The number of anilines is 2. The number of hydrogen-bond donors (Lipinski definition) is 2. The minimum Gasteiger partial charge on any atom is -0.363 e. The second-order valence-corrected chi connectivity index (χ2v) is 7.71. The molecular formula is C22H19ClFN5S. The number of nitrogens with one attached hydrogen (secondary N) is 2. The van der Waals surface area contributed by atoms with Gasteiger partial charge in [0.2, 0.25) is 0 Å². The van der Waals surface area contributed by atoms with Crippen molar-refractivity contribution in [2.75, 3.05) is 16.3 Å². The fraction of sp³-hybridized carbons (Fsp3) is 0.136. The van der Waals surface area contributed by atoms with E-state index in [1.165, 1.54) is 30.4 Å². The van der Waals surface area contributed by atoms with Gasteiger partial charge in [0.15, 0.2) is 5.15 Å². The average Bonchev–Trinajstić information content (AvgIpc) is 2.76. The highest BCUT2D eigenvalue weighted by molar-refractivity contribution is 7.99. The summed E-state index contributed by atoms with van der Waals surface area (Å²) in [5, 5.41) is 4.73. The van der Waals surface area contributed by atoms with E-state index in [-0.39, 0.29) is 11.9 Å². The molecule has 0 saturated heterocycles. The van der Waals surface area contributed by atoms with Crippen molar-refractivity contribution in [1.29, 1.82) is 0 Å². The molecule has 0 aliphatic rings. The fourth-order valence-electron chi connectivity index (χ4n) is 3.18. The molecule has 0 aliphatic heterocycles. The first-order valence-electron chi connectivity index (χ1n) is 9.27. The van der Waals surface area contributed by atoms with E-state index in [2.05, 4.69) is 25.0 Å². The van der Waals surface area contributed by atoms with Crippen molar-refractivity contribution in [2.45, 2.75) is 13.0 Å². The van der Waals surface area contributed by atoms with Gasteiger partial charge in [-0.15, -0.1) is 0 Å². The van der Waals surface area contributed by atoms with Gasteiger partial charge in [0.05, 0.1) is 11.2 Å². The molecule has 4 rings (SSSR count). The van der Waals surface area contributed by atoms with Gasteiger partial charge in [-0.1, -0.05) is 41.7 Å². The Bertz CT molecular complexity index is 1190. The van der Waals surface area contributed by atoms with Gasteiger partial charge < -0.3 is 10.0 Å². The maximum Gasteiger partial charge on any atom is 0.152 e. The van der Waals surface area contributed by atoms with Crippen LogP contribution >= 0.6 is 23.5 Å². The average molecular weight is 440 g/mol. The van der Waals surface area contributed by atoms with Gasteiger partial charge in [0.25, 0.3) is 0 Å². The zero-order valence-electron chi connectivity index (χ0n) is 16.4. The number of aromatic nitrogens is 3. The maximum atomic E-state index is 13.2. The van der Waals surface area contributed by atoms with Gasteiger partial charge in [0.1, 0.15) is 18.0 Å². The van der Waals surface area contributed by atoms with Crippen LogP contribution in [0.25, 0.3) is 22.0 Å². The highest BCUT2D eigenvalue weighted by Gasteiger charge is 2.12. The summed E-state index contributed by atoms with van der Waals surface area (Å²) in [4.78, 5) is 13.1. The van der Waals surface area contributed by atoms with Crippen LogP contribution in [0.3, 0.4) is 0 Å². The molecule has 2 aromatic carbocycles. The van der Waals surface area contributed by atoms with Gasteiger partial charge in [-0.25, -0.2) is 19.3 Å². The monoisotopic (exact) mass is 439 g/mol. The van der Waals surface area contributed by atoms with Gasteiger partial charge in [-0.3, -0.25) is 0 Å². The highest BCUT2D eigenvalue weighted by atomic mass is 35.5. The third-order valence-electron chi connectivity index (χ3n) is 4.74. The van der Waals surface area contributed by atoms with Crippen molar-refractivity contribution >= 4 is 46.0 Å². The third kappa shape index (κ3) is 4.32. The lowest BCUT2D eigenvalue weighted by molar-refractivity contribution is 0.626. The molecule has 0 fully saturated rings. The topological polar surface area (TPSA) is 62.7 Å². The molecule has 1 atom stereocenters. The second-order valence-electron chi connectivity index (χ2n) is 6.74. The van der Waals surface area contributed by atoms with Crippen molar-refractivity contribution < 1.29 is 4.39 Å². The molecule has 5 nitrogen and oxygen atoms in total. The van der Waals surface area contributed by atoms with E-state index >= 15 is 0 Å². The van der Waals surface area contributed by atoms with E-state index in [9.17, 15) is 4.39 Å². The van der Waals surface area contributed by atoms with E-state index in [0.29, 0.717) is 11.0 Å². The molecule has 30 heavy (non-hydrogen) atoms. The van der Waals surface area contributed by atoms with Crippen LogP contribution in [-0.4, -0.2) is 21.2 Å². The number of rotatable bonds is 6. The quantitative estimate of drug-likeness (QED) is 0.269. The molecule has 4 aromatic rings. The van der Waals surface area contributed by atoms with Gasteiger partial charge in [-0.05, 0) is 48.4 Å². The number of halogens is 2. The SMILES string of the molecule is CSNc1cc(-c2ccc3ncnc(NC(C)c4ccc(F)cc4)c3c2)cnc1Cl. The summed E-state index contributed by atoms with van der Waals surface area (Å²) < 4.78 is 16.4. The lowest BCUT2D eigenvalue weighted by Crippen LogP contribution is -2.08. The molecule has 2 N–H and O–H groups in total. The smallest absolute Gasteiger partial charge is 0.152 e. The van der Waals surface area contributed by atoms with Crippen LogP contribution in [-0.2, 0) is 0 Å². The summed E-state index contributed by atoms with van der Waals surface area (Å²) in [6.45, 7) is 2.01. The minimum absolute atomic E-state index is 0.0538. The van der Waals surface area contributed by atoms with Crippen molar-refractivity contribution in [3.63, 3.8) is 0 Å². The molecule has 0 amide bonds. The molecule has 0 spiro atoms. The Labute approximate surface area is 183 Å². The van der Waals surface area contributed by atoms with Crippen LogP contribution in [0.1, 0.15) is 18.5 Å². The maximum absolute atomic E-state index is 13.2. The van der Waals surface area contributed by atoms with Crippen LogP contribution in [0, 0.1) is 5.82 Å². The zero-order valence-corrected chi connectivity index (χ0v) is 17.9. The van der Waals surface area contributed by atoms with E-state index in [1.807, 2.05) is 37.4 Å². The Morgan fingerprint density at radius 1 is 1.00 bits per heavy atom. The minimum atomic E-state index is -0.255. The summed E-state index contributed by atoms with van der Waals surface area (Å²) in [5.41, 5.74) is 4.46. The van der Waals surface area contributed by atoms with Crippen LogP contribution in [0.2, 0.25) is 5.15 Å². The molecule has 0 aliphatic carbocycles. The molecule has 2 aromatic heterocycles. The van der Waals surface area contributed by atoms with E-state index in [0.717, 1.165) is 33.3 Å². The van der Waals surface area contributed by atoms with Crippen LogP contribution in [0.5, 0.6) is 0 Å². The Morgan fingerprint density at radius 2 is 1.80 bits per heavy atom. The summed E-state index contributed by atoms with van der Waals surface area (Å²) in [5.74, 6) is 0.457. The molecule has 8 heteroatoms. The largest absolute Gasteiger partial charge is 0.363 e. The summed E-state index contributed by atoms with van der Waals surface area (Å²) in [7, 11) is 0. The van der Waals surface area contributed by atoms with Crippen molar-refractivity contribution in [3.8, 4) is 11.1 Å². The number of nitrogens with zero attached hydrogens (tertiary/aromatic N) is 3. The molecular weight excluding hydrogens is 421 g/mol. The van der Waals surface area contributed by atoms with Crippen LogP contribution in [0.4, 0.5) is 15.9 Å². The van der Waals surface area contributed by atoms with E-state index in [1.54, 1.807) is 18.3 Å². The molecule has 1 unspecified atom stereocenters. The lowest BCUT2D eigenvalue weighted by Gasteiger charge is -2.16. The van der Waals surface area contributed by atoms with Crippen LogP contribution in [0.15, 0.2) is 61.1 Å². The normalized spacial score (nSPS) is 12.0. The predicted molar refractivity (Wildman–Crippen MR) is 123 cm³/mol. The first kappa shape index (κ1) is 20.4. The third-order valence-corrected chi connectivity index (χ3v) is 5.47. The highest BCUT2D eigenvalue weighted by Crippen LogP contribution is 2.32. The Morgan fingerprint density at radius 3 is 2.57 bits per heavy atom. The van der Waals surface area contributed by atoms with Crippen LogP contribution < -0.4 is 10.0 Å². The Balaban J connectivity index is 1.70. The fourth-order valence-corrected chi connectivity index (χ4v) is 3.76. The van der Waals surface area contributed by atoms with Crippen molar-refractivity contribution in [2.24, 2.45) is 0 Å². The van der Waals surface area contributed by atoms with Crippen molar-refractivity contribution in [3.05, 3.63) is 77.6 Å². The zero-order chi connectivity index (χ0) is 21.1. The van der Waals surface area contributed by atoms with E-state index < -0.39 is 0 Å². The standard InChI is InChI=1S/C22H19ClFN5S/c1-13(14-3-6-17(24)7-4-14)28-22-18-9-15(5-8-19(18)26-12-27-22)16-10-20(29-30-2)21(23)25-11-16/h3-13,29H,1-2H3,(H,26,27,28). The number of fused-ring (bicyclic) bond motifs is 1. The van der Waals surface area contributed by atoms with E-state index in [4.69, 9.17) is 11.6 Å². The molecule has 152 valence electrons. The second kappa shape index (κ2) is 8.85. The Kier molecular flexibility index (Phi) is 6.01. The lowest BCUT2D eigenvalue weighted by atomic mass is 10.0. The van der Waals surface area contributed by atoms with Gasteiger partial charge in [0, 0.05) is 29.4 Å². The molecule has 0 bridgehead atoms. The van der Waals surface area contributed by atoms with Gasteiger partial charge in [-0.2, -0.15) is 0 Å². The molecule has 0 radical (unpaired) electrons. The van der Waals surface area contributed by atoms with Crippen molar-refractivity contribution in [1.82, 2.24) is 15.0 Å². The summed E-state index contributed by atoms with van der Waals surface area (Å²) in [6, 6.07) is 14.3. The first-order chi connectivity index (χ1) is 14.5. The van der Waals surface area contributed by atoms with Gasteiger partial charge >= 0.3 is 0 Å². The number of benzene rings is 2. The molecule has 0 saturated carbocycles. The summed E-state index contributed by atoms with van der Waals surface area (Å²) in [6.07, 6.45) is 5.20. The summed E-state index contributed by atoms with van der Waals surface area (Å²) >= 11 is 7.62. The predicted octanol–water partition coefficient (Wildman–Crippen LogP) is 6.35. The number of pyridine rings is 1. The first-order valence-corrected chi connectivity index (χ1v) is 10.9. The molecule has 2 heterocycles. The Hall–Kier alpha value is -2.90. The number of hydrogen-bond acceptors (Lipinski definition) is 6.